The number of rotatable bonds is 8. The number of benzene rings is 1. The van der Waals surface area contributed by atoms with Crippen LogP contribution in [0.4, 0.5) is 5.82 Å². The van der Waals surface area contributed by atoms with Crippen molar-refractivity contribution in [3.05, 3.63) is 42.1 Å². The number of carbonyl (C=O) groups excluding carboxylic acids is 1. The number of nitrogens with zero attached hydrogens (tertiary/aromatic N) is 2. The second-order valence-corrected chi connectivity index (χ2v) is 5.68. The lowest BCUT2D eigenvalue weighted by molar-refractivity contribution is -0.116. The number of hydrogen-bond donors (Lipinski definition) is 1. The summed E-state index contributed by atoms with van der Waals surface area (Å²) in [6, 6.07) is 9.98. The van der Waals surface area contributed by atoms with Gasteiger partial charge in [0.1, 0.15) is 11.6 Å². The van der Waals surface area contributed by atoms with Gasteiger partial charge in [0, 0.05) is 12.5 Å². The van der Waals surface area contributed by atoms with E-state index < -0.39 is 0 Å². The number of ether oxygens (including phenoxy) is 1. The van der Waals surface area contributed by atoms with Crippen LogP contribution in [-0.4, -0.2) is 22.3 Å². The molecule has 1 aromatic heterocycles. The van der Waals surface area contributed by atoms with Crippen LogP contribution in [0, 0.1) is 6.92 Å². The normalized spacial score (nSPS) is 12.0. The van der Waals surface area contributed by atoms with Gasteiger partial charge in [0.15, 0.2) is 0 Å². The maximum absolute atomic E-state index is 12.0. The molecule has 1 atom stereocenters. The fourth-order valence-corrected chi connectivity index (χ4v) is 2.28. The summed E-state index contributed by atoms with van der Waals surface area (Å²) in [5.41, 5.74) is 1.11. The average Bonchev–Trinajstić information content (AvgIpc) is 3.00. The van der Waals surface area contributed by atoms with Crippen LogP contribution in [0.1, 0.15) is 44.7 Å². The van der Waals surface area contributed by atoms with Crippen LogP contribution in [-0.2, 0) is 4.79 Å². The molecule has 0 aliphatic rings. The third kappa shape index (κ3) is 4.84. The van der Waals surface area contributed by atoms with Crippen LogP contribution in [0.15, 0.2) is 36.5 Å². The van der Waals surface area contributed by atoms with Crippen molar-refractivity contribution in [2.24, 2.45) is 0 Å². The SMILES string of the molecule is CCC(C)n1nccc1NC(=O)CCCOc1ccccc1C. The van der Waals surface area contributed by atoms with E-state index in [2.05, 4.69) is 24.3 Å². The van der Waals surface area contributed by atoms with E-state index in [1.807, 2.05) is 41.9 Å². The van der Waals surface area contributed by atoms with E-state index in [9.17, 15) is 4.79 Å². The number of para-hydroxylation sites is 1. The quantitative estimate of drug-likeness (QED) is 0.750. The monoisotopic (exact) mass is 315 g/mol. The predicted octanol–water partition coefficient (Wildman–Crippen LogP) is 3.96. The van der Waals surface area contributed by atoms with Crippen molar-refractivity contribution in [3.8, 4) is 5.75 Å². The molecule has 0 radical (unpaired) electrons. The number of carbonyl (C=O) groups is 1. The van der Waals surface area contributed by atoms with E-state index in [0.29, 0.717) is 19.4 Å². The summed E-state index contributed by atoms with van der Waals surface area (Å²) >= 11 is 0. The van der Waals surface area contributed by atoms with Crippen LogP contribution in [0.2, 0.25) is 0 Å². The summed E-state index contributed by atoms with van der Waals surface area (Å²) < 4.78 is 7.55. The molecule has 0 spiro atoms. The van der Waals surface area contributed by atoms with Crippen molar-refractivity contribution in [2.75, 3.05) is 11.9 Å². The first-order chi connectivity index (χ1) is 11.1. The molecule has 1 N–H and O–H groups in total. The maximum atomic E-state index is 12.0. The Morgan fingerprint density at radius 3 is 2.87 bits per heavy atom. The fraction of sp³-hybridized carbons (Fsp3) is 0.444. The summed E-state index contributed by atoms with van der Waals surface area (Å²) in [5.74, 6) is 1.62. The molecule has 124 valence electrons. The average molecular weight is 315 g/mol. The summed E-state index contributed by atoms with van der Waals surface area (Å²) in [4.78, 5) is 12.0. The van der Waals surface area contributed by atoms with E-state index in [4.69, 9.17) is 4.74 Å². The summed E-state index contributed by atoms with van der Waals surface area (Å²) in [6.07, 6.45) is 3.78. The van der Waals surface area contributed by atoms with Crippen molar-refractivity contribution in [1.29, 1.82) is 0 Å². The number of nitrogens with one attached hydrogen (secondary N) is 1. The first-order valence-corrected chi connectivity index (χ1v) is 8.13. The van der Waals surface area contributed by atoms with Crippen molar-refractivity contribution >= 4 is 11.7 Å². The van der Waals surface area contributed by atoms with E-state index in [0.717, 1.165) is 23.6 Å². The molecule has 2 aromatic rings. The minimum Gasteiger partial charge on any atom is -0.493 e. The Morgan fingerprint density at radius 2 is 2.13 bits per heavy atom. The molecule has 5 heteroatoms. The molecular formula is C18H25N3O2. The summed E-state index contributed by atoms with van der Waals surface area (Å²) in [5, 5.41) is 7.18. The van der Waals surface area contributed by atoms with Crippen LogP contribution in [0.3, 0.4) is 0 Å². The van der Waals surface area contributed by atoms with E-state index in [1.165, 1.54) is 0 Å². The number of amides is 1. The maximum Gasteiger partial charge on any atom is 0.225 e. The molecule has 0 fully saturated rings. The minimum atomic E-state index is -0.0107. The van der Waals surface area contributed by atoms with Gasteiger partial charge in [0.25, 0.3) is 0 Å². The lowest BCUT2D eigenvalue weighted by Gasteiger charge is -2.14. The molecule has 0 aliphatic carbocycles. The second kappa shape index (κ2) is 8.36. The summed E-state index contributed by atoms with van der Waals surface area (Å²) in [6.45, 7) is 6.72. The largest absolute Gasteiger partial charge is 0.493 e. The van der Waals surface area contributed by atoms with Crippen LogP contribution in [0.5, 0.6) is 5.75 Å². The predicted molar refractivity (Wildman–Crippen MR) is 91.8 cm³/mol. The molecule has 1 aromatic carbocycles. The third-order valence-electron chi connectivity index (χ3n) is 3.85. The third-order valence-corrected chi connectivity index (χ3v) is 3.85. The minimum absolute atomic E-state index is 0.0107. The number of aromatic nitrogens is 2. The van der Waals surface area contributed by atoms with Gasteiger partial charge >= 0.3 is 0 Å². The standard InChI is InChI=1S/C18H25N3O2/c1-4-15(3)21-17(11-12-19-21)20-18(22)10-7-13-23-16-9-6-5-8-14(16)2/h5-6,8-9,11-12,15H,4,7,10,13H2,1-3H3,(H,20,22). The highest BCUT2D eigenvalue weighted by molar-refractivity contribution is 5.89. The highest BCUT2D eigenvalue weighted by Gasteiger charge is 2.11. The molecule has 1 unspecified atom stereocenters. The Labute approximate surface area is 137 Å². The number of aryl methyl sites for hydroxylation is 1. The molecule has 0 saturated heterocycles. The van der Waals surface area contributed by atoms with Crippen molar-refractivity contribution in [1.82, 2.24) is 9.78 Å². The zero-order valence-corrected chi connectivity index (χ0v) is 14.1. The van der Waals surface area contributed by atoms with E-state index in [1.54, 1.807) is 6.20 Å². The first-order valence-electron chi connectivity index (χ1n) is 8.13. The van der Waals surface area contributed by atoms with Crippen molar-refractivity contribution in [3.63, 3.8) is 0 Å². The van der Waals surface area contributed by atoms with Crippen molar-refractivity contribution in [2.45, 2.75) is 46.1 Å². The lowest BCUT2D eigenvalue weighted by atomic mass is 10.2. The van der Waals surface area contributed by atoms with Gasteiger partial charge in [-0.2, -0.15) is 5.10 Å². The van der Waals surface area contributed by atoms with Gasteiger partial charge in [-0.15, -0.1) is 0 Å². The topological polar surface area (TPSA) is 56.2 Å². The van der Waals surface area contributed by atoms with Crippen LogP contribution in [0.25, 0.3) is 0 Å². The zero-order valence-electron chi connectivity index (χ0n) is 14.1. The Bertz CT molecular complexity index is 637. The van der Waals surface area contributed by atoms with Crippen LogP contribution < -0.4 is 10.1 Å². The Morgan fingerprint density at radius 1 is 1.35 bits per heavy atom. The lowest BCUT2D eigenvalue weighted by Crippen LogP contribution is -2.17. The highest BCUT2D eigenvalue weighted by atomic mass is 16.5. The fourth-order valence-electron chi connectivity index (χ4n) is 2.28. The molecular weight excluding hydrogens is 290 g/mol. The molecule has 1 amide bonds. The highest BCUT2D eigenvalue weighted by Crippen LogP contribution is 2.18. The molecule has 0 bridgehead atoms. The number of anilines is 1. The van der Waals surface area contributed by atoms with Gasteiger partial charge in [-0.25, -0.2) is 4.68 Å². The molecule has 5 nitrogen and oxygen atoms in total. The van der Waals surface area contributed by atoms with E-state index >= 15 is 0 Å². The zero-order chi connectivity index (χ0) is 16.7. The molecule has 0 saturated carbocycles. The Hall–Kier alpha value is -2.30. The van der Waals surface area contributed by atoms with Gasteiger partial charge in [0.2, 0.25) is 5.91 Å². The van der Waals surface area contributed by atoms with Gasteiger partial charge in [0.05, 0.1) is 18.8 Å². The van der Waals surface area contributed by atoms with Crippen LogP contribution >= 0.6 is 0 Å². The smallest absolute Gasteiger partial charge is 0.225 e. The number of hydrogen-bond acceptors (Lipinski definition) is 3. The van der Waals surface area contributed by atoms with Crippen molar-refractivity contribution < 1.29 is 9.53 Å². The van der Waals surface area contributed by atoms with Gasteiger partial charge in [-0.05, 0) is 38.3 Å². The molecule has 1 heterocycles. The van der Waals surface area contributed by atoms with Gasteiger partial charge in [-0.3, -0.25) is 4.79 Å². The molecule has 0 aliphatic heterocycles. The van der Waals surface area contributed by atoms with Gasteiger partial charge in [-0.1, -0.05) is 25.1 Å². The summed E-state index contributed by atoms with van der Waals surface area (Å²) in [7, 11) is 0. The van der Waals surface area contributed by atoms with E-state index in [-0.39, 0.29) is 11.9 Å². The first kappa shape index (κ1) is 17.1. The Kier molecular flexibility index (Phi) is 6.20. The van der Waals surface area contributed by atoms with Gasteiger partial charge < -0.3 is 10.1 Å². The Balaban J connectivity index is 1.76. The molecule has 23 heavy (non-hydrogen) atoms. The molecule has 2 rings (SSSR count). The second-order valence-electron chi connectivity index (χ2n) is 5.68.